The van der Waals surface area contributed by atoms with Crippen LogP contribution in [0.1, 0.15) is 50.0 Å². The van der Waals surface area contributed by atoms with E-state index < -0.39 is 17.4 Å². The Morgan fingerprint density at radius 1 is 1.31 bits per heavy atom. The van der Waals surface area contributed by atoms with Gasteiger partial charge < -0.3 is 19.1 Å². The quantitative estimate of drug-likeness (QED) is 0.574. The van der Waals surface area contributed by atoms with E-state index in [2.05, 4.69) is 5.16 Å². The van der Waals surface area contributed by atoms with E-state index in [9.17, 15) is 9.59 Å². The van der Waals surface area contributed by atoms with Gasteiger partial charge in [0.25, 0.3) is 0 Å². The van der Waals surface area contributed by atoms with E-state index in [1.807, 2.05) is 30.0 Å². The fraction of sp³-hybridized carbons (Fsp3) is 0.682. The average molecular weight is 399 g/mol. The minimum Gasteiger partial charge on any atom is -0.361 e. The van der Waals surface area contributed by atoms with Gasteiger partial charge in [0, 0.05) is 19.2 Å². The predicted molar refractivity (Wildman–Crippen MR) is 105 cm³/mol. The second-order valence-corrected chi connectivity index (χ2v) is 9.13. The van der Waals surface area contributed by atoms with Crippen molar-refractivity contribution in [2.24, 2.45) is 11.8 Å². The highest BCUT2D eigenvalue weighted by molar-refractivity contribution is 5.93. The Hall–Kier alpha value is -2.15. The van der Waals surface area contributed by atoms with Crippen LogP contribution in [0.25, 0.3) is 0 Å². The van der Waals surface area contributed by atoms with Gasteiger partial charge in [-0.15, -0.1) is 0 Å². The van der Waals surface area contributed by atoms with Crippen molar-refractivity contribution in [2.45, 2.75) is 69.7 Å². The van der Waals surface area contributed by atoms with E-state index in [-0.39, 0.29) is 24.0 Å². The molecule has 29 heavy (non-hydrogen) atoms. The largest absolute Gasteiger partial charge is 0.361 e. The lowest BCUT2D eigenvalue weighted by Crippen LogP contribution is -2.45. The molecule has 4 aliphatic rings. The third kappa shape index (κ3) is 3.01. The first kappa shape index (κ1) is 18.9. The number of fused-ring (bicyclic) bond motifs is 1. The maximum Gasteiger partial charge on any atom is 0.230 e. The highest BCUT2D eigenvalue weighted by atomic mass is 16.5. The molecule has 1 saturated carbocycles. The van der Waals surface area contributed by atoms with E-state index in [1.54, 1.807) is 11.9 Å². The molecular formula is C22H29N3O4. The Kier molecular flexibility index (Phi) is 4.53. The molecule has 7 heteroatoms. The van der Waals surface area contributed by atoms with Crippen molar-refractivity contribution in [2.75, 3.05) is 13.6 Å². The van der Waals surface area contributed by atoms with Crippen LogP contribution < -0.4 is 0 Å². The number of carbonyl (C=O) groups is 2. The third-order valence-corrected chi connectivity index (χ3v) is 7.13. The molecule has 2 unspecified atom stereocenters. The normalized spacial score (nSPS) is 33.9. The van der Waals surface area contributed by atoms with Gasteiger partial charge in [-0.3, -0.25) is 9.59 Å². The molecule has 0 N–H and O–H groups in total. The summed E-state index contributed by atoms with van der Waals surface area (Å²) in [5, 5.41) is 3.99. The van der Waals surface area contributed by atoms with Crippen LogP contribution in [0.2, 0.25) is 0 Å². The van der Waals surface area contributed by atoms with Gasteiger partial charge in [0.05, 0.1) is 31.0 Å². The van der Waals surface area contributed by atoms with Crippen molar-refractivity contribution in [1.29, 1.82) is 0 Å². The molecule has 1 aromatic rings. The highest BCUT2D eigenvalue weighted by Gasteiger charge is 2.67. The van der Waals surface area contributed by atoms with Gasteiger partial charge in [-0.2, -0.15) is 0 Å². The number of hydrogen-bond acceptors (Lipinski definition) is 5. The van der Waals surface area contributed by atoms with Crippen LogP contribution in [-0.4, -0.2) is 58.1 Å². The lowest BCUT2D eigenvalue weighted by Gasteiger charge is -2.30. The molecule has 2 saturated heterocycles. The number of amides is 2. The van der Waals surface area contributed by atoms with E-state index in [0.717, 1.165) is 18.6 Å². The lowest BCUT2D eigenvalue weighted by molar-refractivity contribution is -0.143. The summed E-state index contributed by atoms with van der Waals surface area (Å²) >= 11 is 0. The Morgan fingerprint density at radius 3 is 2.76 bits per heavy atom. The van der Waals surface area contributed by atoms with Gasteiger partial charge in [-0.1, -0.05) is 43.0 Å². The molecule has 0 aromatic carbocycles. The second kappa shape index (κ2) is 6.97. The zero-order valence-corrected chi connectivity index (χ0v) is 17.2. The van der Waals surface area contributed by atoms with Crippen molar-refractivity contribution < 1.29 is 18.8 Å². The fourth-order valence-corrected chi connectivity index (χ4v) is 5.76. The second-order valence-electron chi connectivity index (χ2n) is 9.13. The van der Waals surface area contributed by atoms with E-state index in [4.69, 9.17) is 9.26 Å². The maximum atomic E-state index is 13.5. The highest BCUT2D eigenvalue weighted by Crippen LogP contribution is 2.53. The number of aryl methyl sites for hydroxylation is 1. The molecule has 7 nitrogen and oxygen atoms in total. The zero-order valence-electron chi connectivity index (χ0n) is 17.2. The van der Waals surface area contributed by atoms with Crippen molar-refractivity contribution in [3.8, 4) is 0 Å². The van der Waals surface area contributed by atoms with Crippen LogP contribution in [-0.2, 0) is 20.9 Å². The molecule has 4 heterocycles. The van der Waals surface area contributed by atoms with Crippen molar-refractivity contribution in [3.63, 3.8) is 0 Å². The smallest absolute Gasteiger partial charge is 0.230 e. The van der Waals surface area contributed by atoms with E-state index in [0.29, 0.717) is 18.8 Å². The first-order chi connectivity index (χ1) is 14.0. The third-order valence-electron chi connectivity index (χ3n) is 7.13. The first-order valence-electron chi connectivity index (χ1n) is 10.8. The van der Waals surface area contributed by atoms with Gasteiger partial charge in [0.15, 0.2) is 0 Å². The zero-order chi connectivity index (χ0) is 20.2. The number of ether oxygens (including phenoxy) is 1. The molecule has 1 aromatic heterocycles. The Balaban J connectivity index is 1.36. The van der Waals surface area contributed by atoms with E-state index in [1.165, 1.54) is 25.7 Å². The van der Waals surface area contributed by atoms with Crippen LogP contribution in [0.4, 0.5) is 0 Å². The number of aromatic nitrogens is 1. The van der Waals surface area contributed by atoms with Gasteiger partial charge in [-0.05, 0) is 19.8 Å². The Bertz CT molecular complexity index is 841. The molecule has 1 aliphatic carbocycles. The summed E-state index contributed by atoms with van der Waals surface area (Å²) in [5.41, 5.74) is 0.0881. The fourth-order valence-electron chi connectivity index (χ4n) is 5.76. The van der Waals surface area contributed by atoms with Gasteiger partial charge in [0.1, 0.15) is 17.1 Å². The summed E-state index contributed by atoms with van der Waals surface area (Å²) in [5.74, 6) is -0.0947. The summed E-state index contributed by atoms with van der Waals surface area (Å²) in [7, 11) is 1.76. The number of carbonyl (C=O) groups excluding carboxylic acids is 2. The summed E-state index contributed by atoms with van der Waals surface area (Å²) < 4.78 is 11.4. The monoisotopic (exact) mass is 399 g/mol. The van der Waals surface area contributed by atoms with Crippen LogP contribution in [0.3, 0.4) is 0 Å². The van der Waals surface area contributed by atoms with Gasteiger partial charge in [0.2, 0.25) is 11.8 Å². The van der Waals surface area contributed by atoms with Crippen molar-refractivity contribution in [1.82, 2.24) is 15.0 Å². The first-order valence-corrected chi connectivity index (χ1v) is 10.8. The topological polar surface area (TPSA) is 75.9 Å². The molecule has 1 spiro atoms. The summed E-state index contributed by atoms with van der Waals surface area (Å²) in [4.78, 5) is 30.5. The summed E-state index contributed by atoms with van der Waals surface area (Å²) in [6.07, 6.45) is 10.7. The molecule has 5 rings (SSSR count). The molecular weight excluding hydrogens is 370 g/mol. The van der Waals surface area contributed by atoms with Gasteiger partial charge in [-0.25, -0.2) is 0 Å². The molecule has 4 atom stereocenters. The van der Waals surface area contributed by atoms with Crippen LogP contribution in [0.5, 0.6) is 0 Å². The number of hydrogen-bond donors (Lipinski definition) is 0. The number of likely N-dealkylation sites (tertiary alicyclic amines) is 1. The lowest BCUT2D eigenvalue weighted by atomic mass is 9.76. The van der Waals surface area contributed by atoms with Crippen LogP contribution in [0, 0.1) is 18.8 Å². The minimum atomic E-state index is -0.625. The van der Waals surface area contributed by atoms with E-state index >= 15 is 0 Å². The SMILES string of the molecule is Cc1cc(CN(C)C(=O)C2C3C(=O)N(C4CCCCCC4)C[C@@]34C=C[C@@H]2O4)no1. The molecule has 3 aliphatic heterocycles. The molecule has 2 bridgehead atoms. The standard InChI is InChI=1S/C22H29N3O4/c1-14-11-15(23-29-14)12-24(2)20(26)18-17-9-10-22(28-17)13-25(21(27)19(18)22)16-7-5-3-4-6-8-16/h9-11,16-19H,3-8,12-13H2,1-2H3/t17-,18?,19?,22-/m0/s1. The maximum absolute atomic E-state index is 13.5. The Morgan fingerprint density at radius 2 is 2.07 bits per heavy atom. The van der Waals surface area contributed by atoms with Crippen LogP contribution in [0.15, 0.2) is 22.7 Å². The molecule has 3 fully saturated rings. The number of nitrogens with zero attached hydrogens (tertiary/aromatic N) is 3. The average Bonchev–Trinajstić information content (AvgIpc) is 3.38. The van der Waals surface area contributed by atoms with Gasteiger partial charge >= 0.3 is 0 Å². The summed E-state index contributed by atoms with van der Waals surface area (Å²) in [6, 6.07) is 2.12. The predicted octanol–water partition coefficient (Wildman–Crippen LogP) is 2.45. The Labute approximate surface area is 171 Å². The van der Waals surface area contributed by atoms with Crippen molar-refractivity contribution >= 4 is 11.8 Å². The van der Waals surface area contributed by atoms with Crippen LogP contribution >= 0.6 is 0 Å². The van der Waals surface area contributed by atoms with Crippen molar-refractivity contribution in [3.05, 3.63) is 29.7 Å². The summed E-state index contributed by atoms with van der Waals surface area (Å²) in [6.45, 7) is 2.78. The molecule has 0 radical (unpaired) electrons. The number of rotatable bonds is 4. The molecule has 2 amide bonds. The molecule has 156 valence electrons. The minimum absolute atomic E-state index is 0.0528.